The van der Waals surface area contributed by atoms with E-state index in [9.17, 15) is 13.2 Å². The summed E-state index contributed by atoms with van der Waals surface area (Å²) in [6.45, 7) is 1.64. The molecule has 0 aliphatic rings. The largest absolute Gasteiger partial charge is 0.294 e. The van der Waals surface area contributed by atoms with Crippen molar-refractivity contribution in [1.82, 2.24) is 0 Å². The molecule has 0 heterocycles. The molecule has 4 nitrogen and oxygen atoms in total. The zero-order chi connectivity index (χ0) is 12.5. The second-order valence-electron chi connectivity index (χ2n) is 3.08. The first-order valence-electron chi connectivity index (χ1n) is 4.32. The first-order chi connectivity index (χ1) is 7.27. The number of Topliss-reactive ketones (excluding diaryl/α,β-unsaturated/α-hetero) is 1. The van der Waals surface area contributed by atoms with Gasteiger partial charge in [-0.15, -0.1) is 0 Å². The summed E-state index contributed by atoms with van der Waals surface area (Å²) >= 11 is 11.5. The summed E-state index contributed by atoms with van der Waals surface area (Å²) in [7, 11) is -3.96. The lowest BCUT2D eigenvalue weighted by molar-refractivity contribution is 0.0988. The van der Waals surface area contributed by atoms with Gasteiger partial charge < -0.3 is 0 Å². The highest BCUT2D eigenvalue weighted by Gasteiger charge is 2.18. The molecular formula is C9H9Cl2NO3S. The lowest BCUT2D eigenvalue weighted by Crippen LogP contribution is -2.14. The summed E-state index contributed by atoms with van der Waals surface area (Å²) in [5, 5.41) is 4.97. The van der Waals surface area contributed by atoms with Crippen molar-refractivity contribution in [2.45, 2.75) is 18.2 Å². The minimum Gasteiger partial charge on any atom is -0.294 e. The van der Waals surface area contributed by atoms with Crippen LogP contribution >= 0.6 is 23.2 Å². The van der Waals surface area contributed by atoms with Gasteiger partial charge in [0.05, 0.1) is 10.0 Å². The molecule has 0 radical (unpaired) electrons. The Balaban J connectivity index is 3.51. The van der Waals surface area contributed by atoms with Crippen molar-refractivity contribution in [2.24, 2.45) is 5.14 Å². The quantitative estimate of drug-likeness (QED) is 0.863. The van der Waals surface area contributed by atoms with Crippen LogP contribution in [0.5, 0.6) is 0 Å². The Kier molecular flexibility index (Phi) is 3.96. The molecule has 0 saturated heterocycles. The number of primary sulfonamides is 1. The van der Waals surface area contributed by atoms with E-state index >= 15 is 0 Å². The van der Waals surface area contributed by atoms with Crippen LogP contribution in [0, 0.1) is 0 Å². The second kappa shape index (κ2) is 4.71. The SMILES string of the molecule is CCC(=O)c1cc(S(N)(=O)=O)c(Cl)cc1Cl. The fraction of sp³-hybridized carbons (Fsp3) is 0.222. The van der Waals surface area contributed by atoms with Crippen LogP contribution in [-0.4, -0.2) is 14.2 Å². The molecule has 1 aromatic rings. The van der Waals surface area contributed by atoms with Gasteiger partial charge in [-0.05, 0) is 12.1 Å². The Hall–Kier alpha value is -0.620. The molecule has 0 spiro atoms. The summed E-state index contributed by atoms with van der Waals surface area (Å²) in [6.07, 6.45) is 0.214. The predicted molar refractivity (Wildman–Crippen MR) is 62.5 cm³/mol. The highest BCUT2D eigenvalue weighted by molar-refractivity contribution is 7.89. The third-order valence-corrected chi connectivity index (χ3v) is 3.64. The van der Waals surface area contributed by atoms with Gasteiger partial charge in [-0.1, -0.05) is 30.1 Å². The van der Waals surface area contributed by atoms with Crippen molar-refractivity contribution >= 4 is 39.0 Å². The van der Waals surface area contributed by atoms with Crippen molar-refractivity contribution in [3.63, 3.8) is 0 Å². The molecule has 0 unspecified atom stereocenters. The van der Waals surface area contributed by atoms with Crippen molar-refractivity contribution in [2.75, 3.05) is 0 Å². The minimum atomic E-state index is -3.96. The average molecular weight is 282 g/mol. The first kappa shape index (κ1) is 13.4. The molecule has 0 fully saturated rings. The molecule has 0 aromatic heterocycles. The predicted octanol–water partition coefficient (Wildman–Crippen LogP) is 2.23. The highest BCUT2D eigenvalue weighted by Crippen LogP contribution is 2.28. The maximum atomic E-state index is 11.5. The molecule has 0 amide bonds. The molecule has 16 heavy (non-hydrogen) atoms. The van der Waals surface area contributed by atoms with E-state index in [2.05, 4.69) is 0 Å². The standard InChI is InChI=1S/C9H9Cl2NO3S/c1-2-8(13)5-3-9(16(12,14)15)7(11)4-6(5)10/h3-4H,2H2,1H3,(H2,12,14,15). The van der Waals surface area contributed by atoms with E-state index in [1.165, 1.54) is 6.07 Å². The van der Waals surface area contributed by atoms with Gasteiger partial charge in [-0.3, -0.25) is 4.79 Å². The van der Waals surface area contributed by atoms with Crippen molar-refractivity contribution in [3.05, 3.63) is 27.7 Å². The molecule has 0 atom stereocenters. The fourth-order valence-corrected chi connectivity index (χ4v) is 2.58. The number of halogens is 2. The molecular weight excluding hydrogens is 273 g/mol. The Morgan fingerprint density at radius 2 is 1.88 bits per heavy atom. The molecule has 1 rings (SSSR count). The van der Waals surface area contributed by atoms with E-state index < -0.39 is 10.0 Å². The van der Waals surface area contributed by atoms with Crippen LogP contribution < -0.4 is 5.14 Å². The lowest BCUT2D eigenvalue weighted by atomic mass is 10.1. The first-order valence-corrected chi connectivity index (χ1v) is 6.62. The van der Waals surface area contributed by atoms with E-state index in [1.807, 2.05) is 0 Å². The van der Waals surface area contributed by atoms with Crippen LogP contribution in [0.25, 0.3) is 0 Å². The van der Waals surface area contributed by atoms with Crippen LogP contribution in [0.1, 0.15) is 23.7 Å². The number of rotatable bonds is 3. The van der Waals surface area contributed by atoms with Crippen LogP contribution in [0.4, 0.5) is 0 Å². The van der Waals surface area contributed by atoms with Crippen LogP contribution in [0.15, 0.2) is 17.0 Å². The van der Waals surface area contributed by atoms with Crippen molar-refractivity contribution < 1.29 is 13.2 Å². The zero-order valence-corrected chi connectivity index (χ0v) is 10.7. The van der Waals surface area contributed by atoms with Gasteiger partial charge in [-0.2, -0.15) is 0 Å². The fourth-order valence-electron chi connectivity index (χ4n) is 1.15. The van der Waals surface area contributed by atoms with Crippen LogP contribution in [-0.2, 0) is 10.0 Å². The normalized spacial score (nSPS) is 11.5. The van der Waals surface area contributed by atoms with E-state index in [-0.39, 0.29) is 32.7 Å². The van der Waals surface area contributed by atoms with E-state index in [0.717, 1.165) is 6.07 Å². The minimum absolute atomic E-state index is 0.0971. The summed E-state index contributed by atoms with van der Waals surface area (Å²) in [6, 6.07) is 2.30. The molecule has 88 valence electrons. The summed E-state index contributed by atoms with van der Waals surface area (Å²) < 4.78 is 22.3. The van der Waals surface area contributed by atoms with E-state index in [1.54, 1.807) is 6.92 Å². The summed E-state index contributed by atoms with van der Waals surface area (Å²) in [4.78, 5) is 11.2. The Labute approximate surface area is 103 Å². The number of hydrogen-bond acceptors (Lipinski definition) is 3. The third-order valence-electron chi connectivity index (χ3n) is 1.95. The number of sulfonamides is 1. The van der Waals surface area contributed by atoms with Gasteiger partial charge in [0.25, 0.3) is 0 Å². The Morgan fingerprint density at radius 3 is 2.31 bits per heavy atom. The summed E-state index contributed by atoms with van der Waals surface area (Å²) in [5.41, 5.74) is 0.109. The Morgan fingerprint density at radius 1 is 1.31 bits per heavy atom. The lowest BCUT2D eigenvalue weighted by Gasteiger charge is -2.06. The molecule has 1 aromatic carbocycles. The van der Waals surface area contributed by atoms with Crippen molar-refractivity contribution in [3.8, 4) is 0 Å². The van der Waals surface area contributed by atoms with Gasteiger partial charge in [0, 0.05) is 12.0 Å². The maximum absolute atomic E-state index is 11.5. The highest BCUT2D eigenvalue weighted by atomic mass is 35.5. The molecule has 0 aliphatic carbocycles. The van der Waals surface area contributed by atoms with Crippen LogP contribution in [0.3, 0.4) is 0 Å². The van der Waals surface area contributed by atoms with E-state index in [4.69, 9.17) is 28.3 Å². The molecule has 0 saturated carbocycles. The van der Waals surface area contributed by atoms with E-state index in [0.29, 0.717) is 0 Å². The molecule has 0 aliphatic heterocycles. The average Bonchev–Trinajstić information content (AvgIpc) is 2.14. The third kappa shape index (κ3) is 2.74. The maximum Gasteiger partial charge on any atom is 0.239 e. The van der Waals surface area contributed by atoms with Gasteiger partial charge >= 0.3 is 0 Å². The Bertz CT molecular complexity index is 540. The number of benzene rings is 1. The second-order valence-corrected chi connectivity index (χ2v) is 5.43. The number of hydrogen-bond donors (Lipinski definition) is 1. The zero-order valence-electron chi connectivity index (χ0n) is 8.33. The van der Waals surface area contributed by atoms with Crippen LogP contribution in [0.2, 0.25) is 10.0 Å². The monoisotopic (exact) mass is 281 g/mol. The number of carbonyl (C=O) groups excluding carboxylic acids is 1. The topological polar surface area (TPSA) is 77.2 Å². The number of carbonyl (C=O) groups is 1. The summed E-state index contributed by atoms with van der Waals surface area (Å²) in [5.74, 6) is -0.272. The molecule has 7 heteroatoms. The number of nitrogens with two attached hydrogens (primary N) is 1. The van der Waals surface area contributed by atoms with Gasteiger partial charge in [-0.25, -0.2) is 13.6 Å². The van der Waals surface area contributed by atoms with Gasteiger partial charge in [0.1, 0.15) is 4.90 Å². The molecule has 2 N–H and O–H groups in total. The van der Waals surface area contributed by atoms with Gasteiger partial charge in [0.15, 0.2) is 5.78 Å². The van der Waals surface area contributed by atoms with Gasteiger partial charge in [0.2, 0.25) is 10.0 Å². The molecule has 0 bridgehead atoms. The smallest absolute Gasteiger partial charge is 0.239 e. The van der Waals surface area contributed by atoms with Crippen molar-refractivity contribution in [1.29, 1.82) is 0 Å². The number of ketones is 1.